The van der Waals surface area contributed by atoms with Gasteiger partial charge < -0.3 is 0 Å². The number of aromatic nitrogens is 3. The van der Waals surface area contributed by atoms with Crippen molar-refractivity contribution >= 4 is 22.5 Å². The van der Waals surface area contributed by atoms with Crippen LogP contribution >= 0.6 is 11.6 Å². The van der Waals surface area contributed by atoms with Crippen molar-refractivity contribution in [2.24, 2.45) is 0 Å². The van der Waals surface area contributed by atoms with Gasteiger partial charge in [-0.3, -0.25) is 4.98 Å². The molecule has 2 aromatic heterocycles. The van der Waals surface area contributed by atoms with E-state index in [2.05, 4.69) is 15.0 Å². The van der Waals surface area contributed by atoms with E-state index < -0.39 is 5.82 Å². The van der Waals surface area contributed by atoms with Crippen LogP contribution in [0.3, 0.4) is 0 Å². The van der Waals surface area contributed by atoms with Crippen molar-refractivity contribution in [3.8, 4) is 11.4 Å². The van der Waals surface area contributed by atoms with Crippen LogP contribution in [-0.4, -0.2) is 15.0 Å². The topological polar surface area (TPSA) is 38.7 Å². The average Bonchev–Trinajstić information content (AvgIpc) is 2.39. The number of nitrogens with zero attached hydrogens (tertiary/aromatic N) is 3. The zero-order chi connectivity index (χ0) is 12.5. The molecule has 3 rings (SSSR count). The van der Waals surface area contributed by atoms with Gasteiger partial charge in [0.1, 0.15) is 11.0 Å². The molecule has 18 heavy (non-hydrogen) atoms. The second-order valence-corrected chi connectivity index (χ2v) is 4.07. The molecule has 88 valence electrons. The summed E-state index contributed by atoms with van der Waals surface area (Å²) in [7, 11) is 0. The molecule has 3 aromatic rings. The van der Waals surface area contributed by atoms with Crippen LogP contribution in [-0.2, 0) is 0 Å². The van der Waals surface area contributed by atoms with Crippen LogP contribution in [0.5, 0.6) is 0 Å². The van der Waals surface area contributed by atoms with Gasteiger partial charge in [0.15, 0.2) is 5.82 Å². The van der Waals surface area contributed by atoms with E-state index in [0.29, 0.717) is 11.3 Å². The Morgan fingerprint density at radius 2 is 1.94 bits per heavy atom. The Morgan fingerprint density at radius 1 is 1.06 bits per heavy atom. The van der Waals surface area contributed by atoms with Crippen molar-refractivity contribution in [1.29, 1.82) is 0 Å². The molecule has 0 spiro atoms. The lowest BCUT2D eigenvalue weighted by Crippen LogP contribution is -1.93. The van der Waals surface area contributed by atoms with E-state index in [9.17, 15) is 4.39 Å². The van der Waals surface area contributed by atoms with Crippen molar-refractivity contribution in [1.82, 2.24) is 15.0 Å². The van der Waals surface area contributed by atoms with Gasteiger partial charge in [-0.15, -0.1) is 0 Å². The van der Waals surface area contributed by atoms with E-state index >= 15 is 0 Å². The predicted molar refractivity (Wildman–Crippen MR) is 67.7 cm³/mol. The minimum atomic E-state index is -0.421. The van der Waals surface area contributed by atoms with Gasteiger partial charge in [0.25, 0.3) is 0 Å². The van der Waals surface area contributed by atoms with E-state index in [4.69, 9.17) is 11.6 Å². The minimum Gasteiger partial charge on any atom is -0.264 e. The Kier molecular flexibility index (Phi) is 2.64. The van der Waals surface area contributed by atoms with Crippen LogP contribution in [0.25, 0.3) is 22.3 Å². The molecule has 5 heteroatoms. The molecule has 0 N–H and O–H groups in total. The SMILES string of the molecule is Fc1cccc2nc(-c3cccnc3)nc(Cl)c12. The highest BCUT2D eigenvalue weighted by atomic mass is 35.5. The van der Waals surface area contributed by atoms with Crippen molar-refractivity contribution in [2.45, 2.75) is 0 Å². The van der Waals surface area contributed by atoms with Gasteiger partial charge in [-0.2, -0.15) is 0 Å². The summed E-state index contributed by atoms with van der Waals surface area (Å²) in [5.41, 5.74) is 1.22. The number of rotatable bonds is 1. The minimum absolute atomic E-state index is 0.108. The molecule has 0 atom stereocenters. The lowest BCUT2D eigenvalue weighted by molar-refractivity contribution is 0.639. The molecule has 3 nitrogen and oxygen atoms in total. The third-order valence-electron chi connectivity index (χ3n) is 2.55. The summed E-state index contributed by atoms with van der Waals surface area (Å²) in [5.74, 6) is 0.0152. The fourth-order valence-corrected chi connectivity index (χ4v) is 1.99. The summed E-state index contributed by atoms with van der Waals surface area (Å²) in [6.45, 7) is 0. The number of fused-ring (bicyclic) bond motifs is 1. The van der Waals surface area contributed by atoms with Crippen molar-refractivity contribution < 1.29 is 4.39 Å². The van der Waals surface area contributed by atoms with E-state index in [1.807, 2.05) is 6.07 Å². The fourth-order valence-electron chi connectivity index (χ4n) is 1.72. The van der Waals surface area contributed by atoms with E-state index in [0.717, 1.165) is 5.56 Å². The first kappa shape index (κ1) is 11.0. The van der Waals surface area contributed by atoms with Crippen LogP contribution in [0.15, 0.2) is 42.7 Å². The summed E-state index contributed by atoms with van der Waals surface area (Å²) >= 11 is 6.01. The number of halogens is 2. The fraction of sp³-hybridized carbons (Fsp3) is 0. The molecule has 0 saturated heterocycles. The lowest BCUT2D eigenvalue weighted by Gasteiger charge is -2.04. The normalized spacial score (nSPS) is 10.8. The number of hydrogen-bond donors (Lipinski definition) is 0. The maximum absolute atomic E-state index is 13.6. The second kappa shape index (κ2) is 4.31. The Labute approximate surface area is 107 Å². The Hall–Kier alpha value is -2.07. The average molecular weight is 260 g/mol. The van der Waals surface area contributed by atoms with Gasteiger partial charge >= 0.3 is 0 Å². The first-order valence-corrected chi connectivity index (χ1v) is 5.65. The van der Waals surface area contributed by atoms with Gasteiger partial charge in [-0.05, 0) is 24.3 Å². The number of benzene rings is 1. The van der Waals surface area contributed by atoms with Crippen molar-refractivity contribution in [2.75, 3.05) is 0 Å². The van der Waals surface area contributed by atoms with Crippen molar-refractivity contribution in [3.63, 3.8) is 0 Å². The quantitative estimate of drug-likeness (QED) is 0.628. The van der Waals surface area contributed by atoms with Gasteiger partial charge in [0.2, 0.25) is 0 Å². The zero-order valence-electron chi connectivity index (χ0n) is 9.14. The van der Waals surface area contributed by atoms with Gasteiger partial charge in [-0.25, -0.2) is 14.4 Å². The summed E-state index contributed by atoms with van der Waals surface area (Å²) in [6.07, 6.45) is 3.29. The predicted octanol–water partition coefficient (Wildman–Crippen LogP) is 3.48. The van der Waals surface area contributed by atoms with E-state index in [1.165, 1.54) is 6.07 Å². The largest absolute Gasteiger partial charge is 0.264 e. The van der Waals surface area contributed by atoms with E-state index in [-0.39, 0.29) is 10.5 Å². The molecule has 2 heterocycles. The molecular formula is C13H7ClFN3. The second-order valence-electron chi connectivity index (χ2n) is 3.71. The molecular weight excluding hydrogens is 253 g/mol. The molecule has 0 unspecified atom stereocenters. The van der Waals surface area contributed by atoms with E-state index in [1.54, 1.807) is 30.6 Å². The molecule has 0 amide bonds. The Balaban J connectivity index is 2.29. The Morgan fingerprint density at radius 3 is 2.72 bits per heavy atom. The molecule has 0 fully saturated rings. The van der Waals surface area contributed by atoms with Crippen LogP contribution in [0.1, 0.15) is 0 Å². The summed E-state index contributed by atoms with van der Waals surface area (Å²) in [4.78, 5) is 12.4. The molecule has 0 bridgehead atoms. The summed E-state index contributed by atoms with van der Waals surface area (Å²) < 4.78 is 13.6. The highest BCUT2D eigenvalue weighted by molar-refractivity contribution is 6.34. The highest BCUT2D eigenvalue weighted by Gasteiger charge is 2.11. The molecule has 1 aromatic carbocycles. The third kappa shape index (κ3) is 1.80. The maximum atomic E-state index is 13.6. The summed E-state index contributed by atoms with van der Waals surface area (Å²) in [5, 5.41) is 0.351. The molecule has 0 aliphatic carbocycles. The monoisotopic (exact) mass is 259 g/mol. The zero-order valence-corrected chi connectivity index (χ0v) is 9.89. The standard InChI is InChI=1S/C13H7ClFN3/c14-12-11-9(15)4-1-5-10(11)17-13(18-12)8-3-2-6-16-7-8/h1-7H. The van der Waals surface area contributed by atoms with Crippen LogP contribution < -0.4 is 0 Å². The van der Waals surface area contributed by atoms with Gasteiger partial charge in [-0.1, -0.05) is 17.7 Å². The molecule has 0 aliphatic heterocycles. The molecule has 0 saturated carbocycles. The highest BCUT2D eigenvalue weighted by Crippen LogP contribution is 2.26. The van der Waals surface area contributed by atoms with Gasteiger partial charge in [0, 0.05) is 18.0 Å². The van der Waals surface area contributed by atoms with Crippen LogP contribution in [0.2, 0.25) is 5.15 Å². The maximum Gasteiger partial charge on any atom is 0.163 e. The first-order valence-electron chi connectivity index (χ1n) is 5.28. The number of pyridine rings is 1. The first-order chi connectivity index (χ1) is 8.75. The van der Waals surface area contributed by atoms with Crippen molar-refractivity contribution in [3.05, 3.63) is 53.7 Å². The smallest absolute Gasteiger partial charge is 0.163 e. The number of hydrogen-bond acceptors (Lipinski definition) is 3. The summed E-state index contributed by atoms with van der Waals surface area (Å²) in [6, 6.07) is 8.23. The van der Waals surface area contributed by atoms with Crippen LogP contribution in [0, 0.1) is 5.82 Å². The molecule has 0 aliphatic rings. The third-order valence-corrected chi connectivity index (χ3v) is 2.82. The Bertz CT molecular complexity index is 716. The lowest BCUT2D eigenvalue weighted by atomic mass is 10.2. The van der Waals surface area contributed by atoms with Gasteiger partial charge in [0.05, 0.1) is 10.9 Å². The molecule has 0 radical (unpaired) electrons. The van der Waals surface area contributed by atoms with Crippen LogP contribution in [0.4, 0.5) is 4.39 Å².